The molecule has 0 radical (unpaired) electrons. The van der Waals surface area contributed by atoms with Crippen molar-refractivity contribution in [2.24, 2.45) is 0 Å². The Morgan fingerprint density at radius 2 is 1.71 bits per heavy atom. The minimum absolute atomic E-state index is 0.101. The molecule has 0 bridgehead atoms. The molecule has 1 amide bonds. The number of hydrogen-bond acceptors (Lipinski definition) is 1. The Balaban J connectivity index is 2.02. The molecule has 0 fully saturated rings. The van der Waals surface area contributed by atoms with Gasteiger partial charge in [0.15, 0.2) is 0 Å². The van der Waals surface area contributed by atoms with E-state index in [2.05, 4.69) is 31.3 Å². The zero-order valence-electron chi connectivity index (χ0n) is 12.6. The van der Waals surface area contributed by atoms with Crippen LogP contribution in [0.2, 0.25) is 0 Å². The van der Waals surface area contributed by atoms with Crippen LogP contribution in [0.1, 0.15) is 30.5 Å². The lowest BCUT2D eigenvalue weighted by atomic mass is 10.1. The number of hydrogen-bond donors (Lipinski definition) is 1. The van der Waals surface area contributed by atoms with Crippen molar-refractivity contribution < 1.29 is 4.79 Å². The average Bonchev–Trinajstić information content (AvgIpc) is 2.54. The molecule has 0 aliphatic heterocycles. The predicted octanol–water partition coefficient (Wildman–Crippen LogP) is 4.46. The molecule has 0 aromatic heterocycles. The van der Waals surface area contributed by atoms with E-state index in [1.54, 1.807) is 6.08 Å². The first-order chi connectivity index (χ1) is 10.2. The number of para-hydroxylation sites is 1. The first-order valence-corrected chi connectivity index (χ1v) is 7.38. The van der Waals surface area contributed by atoms with Gasteiger partial charge in [0.2, 0.25) is 5.91 Å². The first-order valence-electron chi connectivity index (χ1n) is 7.38. The van der Waals surface area contributed by atoms with Crippen molar-refractivity contribution in [3.05, 3.63) is 71.3 Å². The maximum Gasteiger partial charge on any atom is 0.248 e. The Kier molecular flexibility index (Phi) is 5.33. The molecular formula is C19H21NO. The Morgan fingerprint density at radius 3 is 2.38 bits per heavy atom. The lowest BCUT2D eigenvalue weighted by molar-refractivity contribution is -0.111. The van der Waals surface area contributed by atoms with Crippen molar-refractivity contribution >= 4 is 17.7 Å². The number of nitrogens with one attached hydrogen (secondary N) is 1. The van der Waals surface area contributed by atoms with Gasteiger partial charge in [-0.05, 0) is 41.7 Å². The number of amides is 1. The minimum Gasteiger partial charge on any atom is -0.322 e. The van der Waals surface area contributed by atoms with E-state index >= 15 is 0 Å². The summed E-state index contributed by atoms with van der Waals surface area (Å²) in [6, 6.07) is 16.1. The van der Waals surface area contributed by atoms with Gasteiger partial charge < -0.3 is 5.32 Å². The third kappa shape index (κ3) is 4.32. The van der Waals surface area contributed by atoms with Crippen LogP contribution < -0.4 is 5.32 Å². The molecule has 2 aromatic carbocycles. The van der Waals surface area contributed by atoms with Crippen molar-refractivity contribution in [2.75, 3.05) is 5.32 Å². The predicted molar refractivity (Wildman–Crippen MR) is 89.3 cm³/mol. The SMILES string of the molecule is CCc1ccc(/C=C/C(=O)Nc2ccccc2CC)cc1. The van der Waals surface area contributed by atoms with E-state index in [1.165, 1.54) is 5.56 Å². The molecule has 0 unspecified atom stereocenters. The second-order valence-electron chi connectivity index (χ2n) is 4.93. The lowest BCUT2D eigenvalue weighted by Crippen LogP contribution is -2.09. The van der Waals surface area contributed by atoms with E-state index in [4.69, 9.17) is 0 Å². The van der Waals surface area contributed by atoms with Crippen LogP contribution in [-0.2, 0) is 17.6 Å². The topological polar surface area (TPSA) is 29.1 Å². The average molecular weight is 279 g/mol. The molecule has 0 saturated heterocycles. The summed E-state index contributed by atoms with van der Waals surface area (Å²) in [6.45, 7) is 4.21. The molecule has 108 valence electrons. The fourth-order valence-corrected chi connectivity index (χ4v) is 2.16. The molecule has 2 aromatic rings. The fraction of sp³-hybridized carbons (Fsp3) is 0.211. The molecule has 2 heteroatoms. The number of carbonyl (C=O) groups excluding carboxylic acids is 1. The van der Waals surface area contributed by atoms with Crippen LogP contribution in [0.15, 0.2) is 54.6 Å². The Bertz CT molecular complexity index is 626. The summed E-state index contributed by atoms with van der Waals surface area (Å²) in [7, 11) is 0. The fourth-order valence-electron chi connectivity index (χ4n) is 2.16. The van der Waals surface area contributed by atoms with Crippen LogP contribution in [0.3, 0.4) is 0 Å². The Labute approximate surface area is 126 Å². The van der Waals surface area contributed by atoms with E-state index < -0.39 is 0 Å². The molecule has 2 nitrogen and oxygen atoms in total. The van der Waals surface area contributed by atoms with Gasteiger partial charge in [-0.25, -0.2) is 0 Å². The van der Waals surface area contributed by atoms with Gasteiger partial charge in [-0.3, -0.25) is 4.79 Å². The number of carbonyl (C=O) groups is 1. The van der Waals surface area contributed by atoms with Gasteiger partial charge in [0, 0.05) is 11.8 Å². The maximum atomic E-state index is 12.0. The van der Waals surface area contributed by atoms with Crippen molar-refractivity contribution in [2.45, 2.75) is 26.7 Å². The van der Waals surface area contributed by atoms with E-state index in [0.717, 1.165) is 29.7 Å². The second kappa shape index (κ2) is 7.44. The largest absolute Gasteiger partial charge is 0.322 e. The molecule has 0 saturated carbocycles. The van der Waals surface area contributed by atoms with Crippen LogP contribution in [0.4, 0.5) is 5.69 Å². The number of anilines is 1. The maximum absolute atomic E-state index is 12.0. The van der Waals surface area contributed by atoms with E-state index in [0.29, 0.717) is 0 Å². The summed E-state index contributed by atoms with van der Waals surface area (Å²) >= 11 is 0. The molecule has 0 spiro atoms. The summed E-state index contributed by atoms with van der Waals surface area (Å²) in [5.74, 6) is -0.101. The molecular weight excluding hydrogens is 258 g/mol. The van der Waals surface area contributed by atoms with Crippen molar-refractivity contribution in [1.29, 1.82) is 0 Å². The summed E-state index contributed by atoms with van der Waals surface area (Å²) in [6.07, 6.45) is 5.34. The summed E-state index contributed by atoms with van der Waals surface area (Å²) in [5, 5.41) is 2.93. The number of rotatable bonds is 5. The van der Waals surface area contributed by atoms with Gasteiger partial charge >= 0.3 is 0 Å². The van der Waals surface area contributed by atoms with Gasteiger partial charge in [0.25, 0.3) is 0 Å². The smallest absolute Gasteiger partial charge is 0.248 e. The van der Waals surface area contributed by atoms with E-state index in [1.807, 2.05) is 42.5 Å². The highest BCUT2D eigenvalue weighted by molar-refractivity contribution is 6.02. The molecule has 1 N–H and O–H groups in total. The molecule has 0 heterocycles. The van der Waals surface area contributed by atoms with Crippen LogP contribution >= 0.6 is 0 Å². The summed E-state index contributed by atoms with van der Waals surface area (Å²) < 4.78 is 0. The third-order valence-corrected chi connectivity index (χ3v) is 3.47. The second-order valence-corrected chi connectivity index (χ2v) is 4.93. The van der Waals surface area contributed by atoms with Crippen LogP contribution in [0.25, 0.3) is 6.08 Å². The highest BCUT2D eigenvalue weighted by Gasteiger charge is 2.02. The molecule has 0 aliphatic rings. The van der Waals surface area contributed by atoms with Crippen molar-refractivity contribution in [3.8, 4) is 0 Å². The quantitative estimate of drug-likeness (QED) is 0.804. The van der Waals surface area contributed by atoms with Gasteiger partial charge in [-0.1, -0.05) is 56.3 Å². The Morgan fingerprint density at radius 1 is 1.00 bits per heavy atom. The Hall–Kier alpha value is -2.35. The molecule has 0 aliphatic carbocycles. The zero-order chi connectivity index (χ0) is 15.1. The molecule has 21 heavy (non-hydrogen) atoms. The highest BCUT2D eigenvalue weighted by Crippen LogP contribution is 2.15. The minimum atomic E-state index is -0.101. The van der Waals surface area contributed by atoms with Crippen molar-refractivity contribution in [1.82, 2.24) is 0 Å². The van der Waals surface area contributed by atoms with Crippen LogP contribution in [0.5, 0.6) is 0 Å². The van der Waals surface area contributed by atoms with E-state index in [9.17, 15) is 4.79 Å². The lowest BCUT2D eigenvalue weighted by Gasteiger charge is -2.07. The van der Waals surface area contributed by atoms with E-state index in [-0.39, 0.29) is 5.91 Å². The number of benzene rings is 2. The first kappa shape index (κ1) is 15.0. The third-order valence-electron chi connectivity index (χ3n) is 3.47. The molecule has 2 rings (SSSR count). The molecule has 0 atom stereocenters. The van der Waals surface area contributed by atoms with Gasteiger partial charge in [0.1, 0.15) is 0 Å². The van der Waals surface area contributed by atoms with Gasteiger partial charge in [-0.15, -0.1) is 0 Å². The monoisotopic (exact) mass is 279 g/mol. The normalized spacial score (nSPS) is 10.8. The zero-order valence-corrected chi connectivity index (χ0v) is 12.6. The van der Waals surface area contributed by atoms with Gasteiger partial charge in [0.05, 0.1) is 0 Å². The number of aryl methyl sites for hydroxylation is 2. The van der Waals surface area contributed by atoms with Crippen LogP contribution in [0, 0.1) is 0 Å². The standard InChI is InChI=1S/C19H21NO/c1-3-15-9-11-16(12-10-15)13-14-19(21)20-18-8-6-5-7-17(18)4-2/h5-14H,3-4H2,1-2H3,(H,20,21)/b14-13+. The van der Waals surface area contributed by atoms with Gasteiger partial charge in [-0.2, -0.15) is 0 Å². The summed E-state index contributed by atoms with van der Waals surface area (Å²) in [5.41, 5.74) is 4.36. The summed E-state index contributed by atoms with van der Waals surface area (Å²) in [4.78, 5) is 12.0. The van der Waals surface area contributed by atoms with Crippen LogP contribution in [-0.4, -0.2) is 5.91 Å². The highest BCUT2D eigenvalue weighted by atomic mass is 16.1. The van der Waals surface area contributed by atoms with Crippen molar-refractivity contribution in [3.63, 3.8) is 0 Å².